The molecule has 102 valence electrons. The summed E-state index contributed by atoms with van der Waals surface area (Å²) >= 11 is 0. The minimum atomic E-state index is 0.437. The third-order valence-corrected chi connectivity index (χ3v) is 3.57. The minimum absolute atomic E-state index is 0.437. The lowest BCUT2D eigenvalue weighted by atomic mass is 9.89. The highest BCUT2D eigenvalue weighted by molar-refractivity contribution is 4.70. The van der Waals surface area contributed by atoms with Crippen molar-refractivity contribution in [2.45, 2.75) is 65.9 Å². The molecular weight excluding hydrogens is 210 g/mol. The van der Waals surface area contributed by atoms with Gasteiger partial charge >= 0.3 is 0 Å². The fraction of sp³-hybridized carbons (Fsp3) is 1.00. The van der Waals surface area contributed by atoms with Crippen molar-refractivity contribution in [2.75, 3.05) is 19.7 Å². The van der Waals surface area contributed by atoms with Crippen LogP contribution in [0.25, 0.3) is 0 Å². The standard InChI is InChI=1S/C15H31NO/c1-13-6-5-7-14(12-13)17-11-10-16-9-8-15(2,3)4/h13-14,16H,5-12H2,1-4H3. The number of hydrogen-bond acceptors (Lipinski definition) is 2. The van der Waals surface area contributed by atoms with Gasteiger partial charge in [0.2, 0.25) is 0 Å². The Balaban J connectivity index is 1.93. The largest absolute Gasteiger partial charge is 0.377 e. The van der Waals surface area contributed by atoms with Gasteiger partial charge in [-0.05, 0) is 37.1 Å². The SMILES string of the molecule is CC1CCCC(OCCNCCC(C)(C)C)C1. The minimum Gasteiger partial charge on any atom is -0.377 e. The molecule has 0 saturated heterocycles. The third kappa shape index (κ3) is 7.77. The van der Waals surface area contributed by atoms with Crippen LogP contribution < -0.4 is 5.32 Å². The molecule has 2 atom stereocenters. The molecular formula is C15H31NO. The zero-order valence-corrected chi connectivity index (χ0v) is 12.2. The summed E-state index contributed by atoms with van der Waals surface area (Å²) in [4.78, 5) is 0. The smallest absolute Gasteiger partial charge is 0.0594 e. The average Bonchev–Trinajstić information content (AvgIpc) is 2.22. The van der Waals surface area contributed by atoms with Gasteiger partial charge in [0.05, 0.1) is 12.7 Å². The lowest BCUT2D eigenvalue weighted by Crippen LogP contribution is -2.28. The fourth-order valence-electron chi connectivity index (χ4n) is 2.42. The molecule has 1 aliphatic carbocycles. The Hall–Kier alpha value is -0.0800. The normalized spacial score (nSPS) is 26.1. The lowest BCUT2D eigenvalue weighted by molar-refractivity contribution is 0.0173. The zero-order chi connectivity index (χ0) is 12.7. The van der Waals surface area contributed by atoms with Crippen LogP contribution in [0.15, 0.2) is 0 Å². The number of rotatable bonds is 6. The van der Waals surface area contributed by atoms with Crippen molar-refractivity contribution >= 4 is 0 Å². The van der Waals surface area contributed by atoms with Crippen molar-refractivity contribution in [2.24, 2.45) is 11.3 Å². The molecule has 1 N–H and O–H groups in total. The maximum absolute atomic E-state index is 5.92. The van der Waals surface area contributed by atoms with E-state index in [4.69, 9.17) is 4.74 Å². The molecule has 0 aliphatic heterocycles. The van der Waals surface area contributed by atoms with Gasteiger partial charge in [-0.2, -0.15) is 0 Å². The van der Waals surface area contributed by atoms with E-state index in [1.54, 1.807) is 0 Å². The summed E-state index contributed by atoms with van der Waals surface area (Å²) in [7, 11) is 0. The third-order valence-electron chi connectivity index (χ3n) is 3.57. The summed E-state index contributed by atoms with van der Waals surface area (Å²) in [5, 5.41) is 3.47. The molecule has 0 amide bonds. The summed E-state index contributed by atoms with van der Waals surface area (Å²) in [5.74, 6) is 0.864. The van der Waals surface area contributed by atoms with E-state index >= 15 is 0 Å². The molecule has 17 heavy (non-hydrogen) atoms. The van der Waals surface area contributed by atoms with Crippen LogP contribution in [0, 0.1) is 11.3 Å². The van der Waals surface area contributed by atoms with Crippen molar-refractivity contribution in [3.8, 4) is 0 Å². The highest BCUT2D eigenvalue weighted by atomic mass is 16.5. The maximum Gasteiger partial charge on any atom is 0.0594 e. The highest BCUT2D eigenvalue weighted by Crippen LogP contribution is 2.25. The first-order chi connectivity index (χ1) is 7.97. The van der Waals surface area contributed by atoms with Gasteiger partial charge in [-0.25, -0.2) is 0 Å². The van der Waals surface area contributed by atoms with Crippen molar-refractivity contribution in [3.05, 3.63) is 0 Å². The maximum atomic E-state index is 5.92. The van der Waals surface area contributed by atoms with Crippen LogP contribution in [0.4, 0.5) is 0 Å². The van der Waals surface area contributed by atoms with Crippen molar-refractivity contribution in [1.29, 1.82) is 0 Å². The number of ether oxygens (including phenoxy) is 1. The van der Waals surface area contributed by atoms with Crippen molar-refractivity contribution in [1.82, 2.24) is 5.32 Å². The predicted molar refractivity (Wildman–Crippen MR) is 74.3 cm³/mol. The van der Waals surface area contributed by atoms with Gasteiger partial charge in [-0.1, -0.05) is 40.5 Å². The van der Waals surface area contributed by atoms with Crippen LogP contribution in [0.2, 0.25) is 0 Å². The van der Waals surface area contributed by atoms with E-state index in [9.17, 15) is 0 Å². The lowest BCUT2D eigenvalue weighted by Gasteiger charge is -2.27. The fourth-order valence-corrected chi connectivity index (χ4v) is 2.42. The number of nitrogens with one attached hydrogen (secondary N) is 1. The summed E-state index contributed by atoms with van der Waals surface area (Å²) in [5.41, 5.74) is 0.437. The second-order valence-corrected chi connectivity index (χ2v) is 6.83. The monoisotopic (exact) mass is 241 g/mol. The number of hydrogen-bond donors (Lipinski definition) is 1. The van der Waals surface area contributed by atoms with Crippen molar-refractivity contribution in [3.63, 3.8) is 0 Å². The van der Waals surface area contributed by atoms with E-state index < -0.39 is 0 Å². The molecule has 2 heteroatoms. The Labute approximate surface area is 108 Å². The van der Waals surface area contributed by atoms with Gasteiger partial charge in [0, 0.05) is 6.54 Å². The molecule has 0 aromatic carbocycles. The Morgan fingerprint density at radius 2 is 1.94 bits per heavy atom. The van der Waals surface area contributed by atoms with E-state index in [0.717, 1.165) is 25.6 Å². The van der Waals surface area contributed by atoms with Crippen LogP contribution in [0.3, 0.4) is 0 Å². The first-order valence-electron chi connectivity index (χ1n) is 7.30. The zero-order valence-electron chi connectivity index (χ0n) is 12.2. The molecule has 1 fully saturated rings. The molecule has 0 aromatic heterocycles. The van der Waals surface area contributed by atoms with Crippen molar-refractivity contribution < 1.29 is 4.74 Å². The van der Waals surface area contributed by atoms with Crippen LogP contribution in [-0.4, -0.2) is 25.8 Å². The summed E-state index contributed by atoms with van der Waals surface area (Å²) in [6.45, 7) is 12.2. The summed E-state index contributed by atoms with van der Waals surface area (Å²) in [6.07, 6.45) is 7.04. The molecule has 1 rings (SSSR count). The van der Waals surface area contributed by atoms with Gasteiger partial charge in [-0.15, -0.1) is 0 Å². The molecule has 0 heterocycles. The molecule has 0 bridgehead atoms. The summed E-state index contributed by atoms with van der Waals surface area (Å²) in [6, 6.07) is 0. The van der Waals surface area contributed by atoms with Crippen LogP contribution in [-0.2, 0) is 4.74 Å². The first-order valence-corrected chi connectivity index (χ1v) is 7.30. The van der Waals surface area contributed by atoms with Gasteiger partial charge < -0.3 is 10.1 Å². The van der Waals surface area contributed by atoms with E-state index in [0.29, 0.717) is 11.5 Å². The van der Waals surface area contributed by atoms with Gasteiger partial charge in [0.15, 0.2) is 0 Å². The molecule has 2 nitrogen and oxygen atoms in total. The molecule has 1 saturated carbocycles. The second kappa shape index (κ2) is 7.38. The topological polar surface area (TPSA) is 21.3 Å². The van der Waals surface area contributed by atoms with Gasteiger partial charge in [-0.3, -0.25) is 0 Å². The summed E-state index contributed by atoms with van der Waals surface area (Å²) < 4.78 is 5.92. The molecule has 0 spiro atoms. The highest BCUT2D eigenvalue weighted by Gasteiger charge is 2.18. The van der Waals surface area contributed by atoms with Gasteiger partial charge in [0.1, 0.15) is 0 Å². The quantitative estimate of drug-likeness (QED) is 0.717. The Morgan fingerprint density at radius 1 is 1.18 bits per heavy atom. The molecule has 1 aliphatic rings. The Kier molecular flexibility index (Phi) is 6.50. The van der Waals surface area contributed by atoms with E-state index in [-0.39, 0.29) is 0 Å². The van der Waals surface area contributed by atoms with Crippen LogP contribution in [0.5, 0.6) is 0 Å². The van der Waals surface area contributed by atoms with Crippen LogP contribution >= 0.6 is 0 Å². The molecule has 0 aromatic rings. The Morgan fingerprint density at radius 3 is 2.59 bits per heavy atom. The van der Waals surface area contributed by atoms with E-state index in [1.807, 2.05) is 0 Å². The van der Waals surface area contributed by atoms with E-state index in [1.165, 1.54) is 32.1 Å². The van der Waals surface area contributed by atoms with Crippen LogP contribution in [0.1, 0.15) is 59.8 Å². The van der Waals surface area contributed by atoms with Gasteiger partial charge in [0.25, 0.3) is 0 Å². The predicted octanol–water partition coefficient (Wildman–Crippen LogP) is 3.61. The molecule has 2 unspecified atom stereocenters. The first kappa shape index (κ1) is 15.0. The Bertz CT molecular complexity index is 198. The second-order valence-electron chi connectivity index (χ2n) is 6.83. The molecule has 0 radical (unpaired) electrons. The average molecular weight is 241 g/mol. The van der Waals surface area contributed by atoms with E-state index in [2.05, 4.69) is 33.0 Å².